The van der Waals surface area contributed by atoms with Crippen LogP contribution in [0.25, 0.3) is 0 Å². The van der Waals surface area contributed by atoms with Crippen LogP contribution in [0, 0.1) is 5.92 Å². The van der Waals surface area contributed by atoms with Crippen molar-refractivity contribution in [2.45, 2.75) is 40.0 Å². The number of carbonyl (C=O) groups excluding carboxylic acids is 1. The molecule has 0 radical (unpaired) electrons. The van der Waals surface area contributed by atoms with Crippen molar-refractivity contribution in [3.8, 4) is 0 Å². The third-order valence-corrected chi connectivity index (χ3v) is 3.05. The summed E-state index contributed by atoms with van der Waals surface area (Å²) in [5.74, 6) is -1.16. The Morgan fingerprint density at radius 2 is 1.90 bits per heavy atom. The van der Waals surface area contributed by atoms with Crippen LogP contribution in [0.5, 0.6) is 0 Å². The molecule has 0 fully saturated rings. The molecule has 0 aromatic carbocycles. The number of hydrogen-bond acceptors (Lipinski definition) is 3. The number of aromatic nitrogens is 1. The molecule has 0 aliphatic carbocycles. The smallest absolute Gasteiger partial charge is 0.323 e. The zero-order valence-corrected chi connectivity index (χ0v) is 13.4. The summed E-state index contributed by atoms with van der Waals surface area (Å²) in [7, 11) is 0. The van der Waals surface area contributed by atoms with Gasteiger partial charge < -0.3 is 10.0 Å². The summed E-state index contributed by atoms with van der Waals surface area (Å²) in [5, 5.41) is 8.93. The number of carboxylic acids is 1. The van der Waals surface area contributed by atoms with Gasteiger partial charge in [-0.05, 0) is 23.0 Å². The average molecular weight is 292 g/mol. The van der Waals surface area contributed by atoms with Crippen molar-refractivity contribution in [2.24, 2.45) is 5.92 Å². The van der Waals surface area contributed by atoms with Gasteiger partial charge in [-0.25, -0.2) is 0 Å². The normalized spacial score (nSPS) is 11.5. The number of nitrogens with zero attached hydrogens (tertiary/aromatic N) is 2. The molecule has 0 bridgehead atoms. The molecule has 1 N–H and O–H groups in total. The first kappa shape index (κ1) is 17.1. The second-order valence-electron chi connectivity index (χ2n) is 6.66. The summed E-state index contributed by atoms with van der Waals surface area (Å²) < 4.78 is 0. The van der Waals surface area contributed by atoms with Crippen LogP contribution in [0.15, 0.2) is 18.3 Å². The van der Waals surface area contributed by atoms with Crippen LogP contribution in [0.1, 0.15) is 50.7 Å². The third-order valence-electron chi connectivity index (χ3n) is 3.05. The quantitative estimate of drug-likeness (QED) is 0.905. The van der Waals surface area contributed by atoms with Gasteiger partial charge in [0, 0.05) is 12.7 Å². The predicted molar refractivity (Wildman–Crippen MR) is 81.3 cm³/mol. The third kappa shape index (κ3) is 5.17. The molecule has 116 valence electrons. The summed E-state index contributed by atoms with van der Waals surface area (Å²) in [5.41, 5.74) is 1.28. The van der Waals surface area contributed by atoms with Crippen molar-refractivity contribution in [3.63, 3.8) is 0 Å². The molecule has 0 spiro atoms. The summed E-state index contributed by atoms with van der Waals surface area (Å²) in [6.45, 7) is 10.2. The molecule has 0 aliphatic rings. The maximum absolute atomic E-state index is 12.4. The van der Waals surface area contributed by atoms with Crippen LogP contribution >= 0.6 is 0 Å². The largest absolute Gasteiger partial charge is 0.480 e. The number of rotatable bonds is 5. The second-order valence-corrected chi connectivity index (χ2v) is 6.66. The van der Waals surface area contributed by atoms with Gasteiger partial charge in [0.05, 0.1) is 0 Å². The minimum Gasteiger partial charge on any atom is -0.480 e. The van der Waals surface area contributed by atoms with E-state index >= 15 is 0 Å². The van der Waals surface area contributed by atoms with Gasteiger partial charge in [0.1, 0.15) is 12.2 Å². The van der Waals surface area contributed by atoms with Crippen molar-refractivity contribution >= 4 is 11.9 Å². The number of hydrogen-bond donors (Lipinski definition) is 1. The first-order chi connectivity index (χ1) is 9.61. The Kier molecular flexibility index (Phi) is 5.47. The lowest BCUT2D eigenvalue weighted by Crippen LogP contribution is -2.38. The zero-order chi connectivity index (χ0) is 16.2. The van der Waals surface area contributed by atoms with Crippen LogP contribution < -0.4 is 0 Å². The molecule has 21 heavy (non-hydrogen) atoms. The molecule has 1 aromatic heterocycles. The van der Waals surface area contributed by atoms with E-state index in [9.17, 15) is 9.59 Å². The van der Waals surface area contributed by atoms with Crippen molar-refractivity contribution in [1.82, 2.24) is 9.88 Å². The van der Waals surface area contributed by atoms with Crippen molar-refractivity contribution < 1.29 is 14.7 Å². The number of carbonyl (C=O) groups is 2. The van der Waals surface area contributed by atoms with Crippen molar-refractivity contribution in [3.05, 3.63) is 29.6 Å². The fourth-order valence-electron chi connectivity index (χ4n) is 1.95. The van der Waals surface area contributed by atoms with Gasteiger partial charge in [-0.1, -0.05) is 40.7 Å². The van der Waals surface area contributed by atoms with E-state index in [4.69, 9.17) is 5.11 Å². The maximum Gasteiger partial charge on any atom is 0.323 e. The van der Waals surface area contributed by atoms with Crippen LogP contribution in [0.4, 0.5) is 0 Å². The minimum absolute atomic E-state index is 0.0345. The van der Waals surface area contributed by atoms with Gasteiger partial charge in [-0.3, -0.25) is 14.6 Å². The average Bonchev–Trinajstić information content (AvgIpc) is 2.35. The number of carboxylic acid groups (broad SMARTS) is 1. The Bertz CT molecular complexity index is 501. The predicted octanol–water partition coefficient (Wildman–Crippen LogP) is 2.56. The molecule has 1 aromatic rings. The summed E-state index contributed by atoms with van der Waals surface area (Å²) in [4.78, 5) is 28.8. The highest BCUT2D eigenvalue weighted by atomic mass is 16.4. The Morgan fingerprint density at radius 1 is 1.29 bits per heavy atom. The SMILES string of the molecule is CC(C)CN(CC(=O)O)C(=O)c1ccc(C(C)(C)C)cn1. The van der Waals surface area contributed by atoms with Crippen LogP contribution in [0.3, 0.4) is 0 Å². The molecule has 0 atom stereocenters. The topological polar surface area (TPSA) is 70.5 Å². The molecule has 5 nitrogen and oxygen atoms in total. The highest BCUT2D eigenvalue weighted by Crippen LogP contribution is 2.21. The lowest BCUT2D eigenvalue weighted by Gasteiger charge is -2.23. The van der Waals surface area contributed by atoms with E-state index in [0.29, 0.717) is 6.54 Å². The van der Waals surface area contributed by atoms with E-state index in [0.717, 1.165) is 5.56 Å². The molecule has 0 unspecified atom stereocenters. The molecule has 5 heteroatoms. The molecule has 1 heterocycles. The first-order valence-corrected chi connectivity index (χ1v) is 7.09. The fraction of sp³-hybridized carbons (Fsp3) is 0.562. The van der Waals surface area contributed by atoms with E-state index in [1.807, 2.05) is 19.9 Å². The molecule has 1 rings (SSSR count). The molecule has 0 aliphatic heterocycles. The number of amides is 1. The van der Waals surface area contributed by atoms with E-state index < -0.39 is 5.97 Å². The van der Waals surface area contributed by atoms with Crippen LogP contribution in [0.2, 0.25) is 0 Å². The van der Waals surface area contributed by atoms with E-state index in [2.05, 4.69) is 25.8 Å². The minimum atomic E-state index is -1.02. The summed E-state index contributed by atoms with van der Waals surface area (Å²) in [6.07, 6.45) is 1.68. The standard InChI is InChI=1S/C16H24N2O3/c1-11(2)9-18(10-14(19)20)15(21)13-7-6-12(8-17-13)16(3,4)5/h6-8,11H,9-10H2,1-5H3,(H,19,20). The number of aliphatic carboxylic acids is 1. The van der Waals surface area contributed by atoms with Crippen LogP contribution in [-0.2, 0) is 10.2 Å². The fourth-order valence-corrected chi connectivity index (χ4v) is 1.95. The molecule has 0 saturated carbocycles. The molecular formula is C16H24N2O3. The Morgan fingerprint density at radius 3 is 2.29 bits per heavy atom. The van der Waals surface area contributed by atoms with E-state index in [1.165, 1.54) is 4.90 Å². The number of pyridine rings is 1. The lowest BCUT2D eigenvalue weighted by atomic mass is 9.88. The Hall–Kier alpha value is -1.91. The van der Waals surface area contributed by atoms with Gasteiger partial charge in [0.2, 0.25) is 0 Å². The lowest BCUT2D eigenvalue weighted by molar-refractivity contribution is -0.137. The second kappa shape index (κ2) is 6.70. The first-order valence-electron chi connectivity index (χ1n) is 7.09. The van der Waals surface area contributed by atoms with Crippen molar-refractivity contribution in [1.29, 1.82) is 0 Å². The highest BCUT2D eigenvalue weighted by Gasteiger charge is 2.21. The van der Waals surface area contributed by atoms with Gasteiger partial charge in [0.25, 0.3) is 5.91 Å². The van der Waals surface area contributed by atoms with E-state index in [1.54, 1.807) is 12.3 Å². The van der Waals surface area contributed by atoms with Crippen LogP contribution in [-0.4, -0.2) is 40.0 Å². The Balaban J connectivity index is 2.95. The van der Waals surface area contributed by atoms with Crippen molar-refractivity contribution in [2.75, 3.05) is 13.1 Å². The van der Waals surface area contributed by atoms with Gasteiger partial charge in [-0.15, -0.1) is 0 Å². The zero-order valence-electron chi connectivity index (χ0n) is 13.4. The summed E-state index contributed by atoms with van der Waals surface area (Å²) in [6, 6.07) is 3.53. The van der Waals surface area contributed by atoms with Gasteiger partial charge in [0.15, 0.2) is 0 Å². The maximum atomic E-state index is 12.4. The molecule has 1 amide bonds. The van der Waals surface area contributed by atoms with E-state index in [-0.39, 0.29) is 29.5 Å². The van der Waals surface area contributed by atoms with Gasteiger partial charge in [-0.2, -0.15) is 0 Å². The monoisotopic (exact) mass is 292 g/mol. The van der Waals surface area contributed by atoms with Gasteiger partial charge >= 0.3 is 5.97 Å². The Labute approximate surface area is 126 Å². The molecular weight excluding hydrogens is 268 g/mol. The summed E-state index contributed by atoms with van der Waals surface area (Å²) >= 11 is 0. The molecule has 0 saturated heterocycles. The highest BCUT2D eigenvalue weighted by molar-refractivity contribution is 5.94.